The van der Waals surface area contributed by atoms with Gasteiger partial charge in [0.15, 0.2) is 5.78 Å². The van der Waals surface area contributed by atoms with Crippen molar-refractivity contribution in [1.82, 2.24) is 4.98 Å². The lowest BCUT2D eigenvalue weighted by molar-refractivity contribution is 0.0988. The normalized spacial score (nSPS) is 9.86. The molecule has 0 amide bonds. The molecule has 1 aromatic rings. The number of carbonyl (C=O) groups excluding carboxylic acids is 1. The van der Waals surface area contributed by atoms with E-state index in [0.29, 0.717) is 30.2 Å². The van der Waals surface area contributed by atoms with Gasteiger partial charge in [0.05, 0.1) is 12.3 Å². The van der Waals surface area contributed by atoms with Gasteiger partial charge in [0.2, 0.25) is 5.88 Å². The molecule has 0 fully saturated rings. The fourth-order valence-corrected chi connectivity index (χ4v) is 1.08. The van der Waals surface area contributed by atoms with Gasteiger partial charge < -0.3 is 10.5 Å². The van der Waals surface area contributed by atoms with Gasteiger partial charge in [-0.3, -0.25) is 4.79 Å². The van der Waals surface area contributed by atoms with E-state index in [9.17, 15) is 4.79 Å². The monoisotopic (exact) mass is 194 g/mol. The van der Waals surface area contributed by atoms with Crippen LogP contribution in [-0.4, -0.2) is 17.4 Å². The number of anilines is 1. The number of nitrogen functional groups attached to an aromatic ring is 1. The quantitative estimate of drug-likeness (QED) is 0.740. The van der Waals surface area contributed by atoms with E-state index in [1.165, 1.54) is 6.20 Å². The molecule has 76 valence electrons. The first-order chi connectivity index (χ1) is 6.69. The highest BCUT2D eigenvalue weighted by Crippen LogP contribution is 2.19. The minimum absolute atomic E-state index is 0.0345. The van der Waals surface area contributed by atoms with Crippen LogP contribution in [0.4, 0.5) is 5.69 Å². The van der Waals surface area contributed by atoms with E-state index in [1.54, 1.807) is 13.0 Å². The zero-order valence-corrected chi connectivity index (χ0v) is 8.41. The molecule has 14 heavy (non-hydrogen) atoms. The number of rotatable bonds is 4. The molecule has 0 saturated heterocycles. The molecule has 0 unspecified atom stereocenters. The van der Waals surface area contributed by atoms with E-state index in [2.05, 4.69) is 4.98 Å². The van der Waals surface area contributed by atoms with Gasteiger partial charge in [-0.1, -0.05) is 6.92 Å². The highest BCUT2D eigenvalue weighted by Gasteiger charge is 2.07. The minimum Gasteiger partial charge on any atom is -0.477 e. The average Bonchev–Trinajstić information content (AvgIpc) is 2.20. The second-order valence-electron chi connectivity index (χ2n) is 2.83. The molecular weight excluding hydrogens is 180 g/mol. The van der Waals surface area contributed by atoms with Crippen LogP contribution in [0.25, 0.3) is 0 Å². The summed E-state index contributed by atoms with van der Waals surface area (Å²) in [6, 6.07) is 1.60. The highest BCUT2D eigenvalue weighted by atomic mass is 16.5. The maximum Gasteiger partial charge on any atom is 0.237 e. The van der Waals surface area contributed by atoms with Crippen LogP contribution in [-0.2, 0) is 0 Å². The highest BCUT2D eigenvalue weighted by molar-refractivity contribution is 5.96. The van der Waals surface area contributed by atoms with Gasteiger partial charge in [0.25, 0.3) is 0 Å². The summed E-state index contributed by atoms with van der Waals surface area (Å²) >= 11 is 0. The summed E-state index contributed by atoms with van der Waals surface area (Å²) < 4.78 is 5.16. The molecular formula is C10H14N2O2. The van der Waals surface area contributed by atoms with Gasteiger partial charge in [-0.25, -0.2) is 4.98 Å². The summed E-state index contributed by atoms with van der Waals surface area (Å²) in [6.45, 7) is 4.17. The number of nitrogens with two attached hydrogens (primary N) is 1. The van der Waals surface area contributed by atoms with Crippen LogP contribution in [0.1, 0.15) is 30.6 Å². The van der Waals surface area contributed by atoms with Gasteiger partial charge in [-0.05, 0) is 13.0 Å². The molecule has 2 N–H and O–H groups in total. The van der Waals surface area contributed by atoms with Crippen molar-refractivity contribution in [3.05, 3.63) is 17.8 Å². The van der Waals surface area contributed by atoms with Crippen molar-refractivity contribution < 1.29 is 9.53 Å². The van der Waals surface area contributed by atoms with Crippen molar-refractivity contribution in [3.8, 4) is 5.88 Å². The summed E-state index contributed by atoms with van der Waals surface area (Å²) in [4.78, 5) is 15.3. The van der Waals surface area contributed by atoms with Crippen molar-refractivity contribution in [2.24, 2.45) is 0 Å². The second-order valence-corrected chi connectivity index (χ2v) is 2.83. The Kier molecular flexibility index (Phi) is 3.45. The van der Waals surface area contributed by atoms with E-state index >= 15 is 0 Å². The Morgan fingerprint density at radius 1 is 1.57 bits per heavy atom. The first-order valence-electron chi connectivity index (χ1n) is 4.60. The number of nitrogens with zero attached hydrogens (tertiary/aromatic N) is 1. The lowest BCUT2D eigenvalue weighted by Gasteiger charge is -2.06. The lowest BCUT2D eigenvalue weighted by Crippen LogP contribution is -2.03. The number of ketones is 1. The first kappa shape index (κ1) is 10.5. The molecule has 0 aliphatic heterocycles. The van der Waals surface area contributed by atoms with Gasteiger partial charge in [-0.15, -0.1) is 0 Å². The molecule has 0 spiro atoms. The molecule has 0 aliphatic rings. The second kappa shape index (κ2) is 4.60. The fraction of sp³-hybridized carbons (Fsp3) is 0.400. The molecule has 0 bridgehead atoms. The third-order valence-electron chi connectivity index (χ3n) is 1.80. The number of Topliss-reactive ketones (excluding diaryl/α,β-unsaturated/α-hetero) is 1. The van der Waals surface area contributed by atoms with Gasteiger partial charge in [-0.2, -0.15) is 0 Å². The summed E-state index contributed by atoms with van der Waals surface area (Å²) in [5.74, 6) is 0.424. The lowest BCUT2D eigenvalue weighted by atomic mass is 10.1. The SMILES string of the molecule is CCOc1ncc(C(=O)CC)cc1N. The number of aromatic nitrogens is 1. The Balaban J connectivity index is 2.94. The summed E-state index contributed by atoms with van der Waals surface area (Å²) in [5, 5.41) is 0. The molecule has 1 aromatic heterocycles. The molecule has 1 heterocycles. The van der Waals surface area contributed by atoms with E-state index in [0.717, 1.165) is 0 Å². The zero-order valence-electron chi connectivity index (χ0n) is 8.41. The van der Waals surface area contributed by atoms with E-state index in [-0.39, 0.29) is 5.78 Å². The van der Waals surface area contributed by atoms with Crippen molar-refractivity contribution in [2.75, 3.05) is 12.3 Å². The standard InChI is InChI=1S/C10H14N2O2/c1-3-9(13)7-5-8(11)10(12-6-7)14-4-2/h5-6H,3-4,11H2,1-2H3. The average molecular weight is 194 g/mol. The van der Waals surface area contributed by atoms with Crippen molar-refractivity contribution in [2.45, 2.75) is 20.3 Å². The summed E-state index contributed by atoms with van der Waals surface area (Å²) in [5.41, 5.74) is 6.60. The minimum atomic E-state index is 0.0345. The molecule has 1 rings (SSSR count). The van der Waals surface area contributed by atoms with Crippen molar-refractivity contribution in [3.63, 3.8) is 0 Å². The molecule has 0 aromatic carbocycles. The summed E-state index contributed by atoms with van der Waals surface area (Å²) in [6.07, 6.45) is 1.95. The van der Waals surface area contributed by atoms with Crippen LogP contribution in [0.15, 0.2) is 12.3 Å². The van der Waals surface area contributed by atoms with E-state index < -0.39 is 0 Å². The third-order valence-corrected chi connectivity index (χ3v) is 1.80. The molecule has 0 aliphatic carbocycles. The van der Waals surface area contributed by atoms with E-state index in [4.69, 9.17) is 10.5 Å². The van der Waals surface area contributed by atoms with E-state index in [1.807, 2.05) is 6.92 Å². The zero-order chi connectivity index (χ0) is 10.6. The number of carbonyl (C=O) groups is 1. The number of hydrogen-bond donors (Lipinski definition) is 1. The summed E-state index contributed by atoms with van der Waals surface area (Å²) in [7, 11) is 0. The Morgan fingerprint density at radius 3 is 2.79 bits per heavy atom. The predicted octanol–water partition coefficient (Wildman–Crippen LogP) is 1.66. The fourth-order valence-electron chi connectivity index (χ4n) is 1.08. The Bertz CT molecular complexity index is 337. The molecule has 0 radical (unpaired) electrons. The Labute approximate surface area is 83.1 Å². The van der Waals surface area contributed by atoms with Crippen LogP contribution < -0.4 is 10.5 Å². The van der Waals surface area contributed by atoms with Crippen LogP contribution >= 0.6 is 0 Å². The van der Waals surface area contributed by atoms with Crippen molar-refractivity contribution in [1.29, 1.82) is 0 Å². The topological polar surface area (TPSA) is 65.2 Å². The largest absolute Gasteiger partial charge is 0.477 e. The van der Waals surface area contributed by atoms with Crippen LogP contribution in [0.5, 0.6) is 5.88 Å². The van der Waals surface area contributed by atoms with Crippen LogP contribution in [0.2, 0.25) is 0 Å². The van der Waals surface area contributed by atoms with Crippen molar-refractivity contribution >= 4 is 11.5 Å². The van der Waals surface area contributed by atoms with Gasteiger partial charge in [0, 0.05) is 18.2 Å². The van der Waals surface area contributed by atoms with Crippen LogP contribution in [0, 0.1) is 0 Å². The number of ether oxygens (including phenoxy) is 1. The van der Waals surface area contributed by atoms with Gasteiger partial charge in [0.1, 0.15) is 0 Å². The van der Waals surface area contributed by atoms with Gasteiger partial charge >= 0.3 is 0 Å². The first-order valence-corrected chi connectivity index (χ1v) is 4.60. The Hall–Kier alpha value is -1.58. The van der Waals surface area contributed by atoms with Crippen LogP contribution in [0.3, 0.4) is 0 Å². The maximum atomic E-state index is 11.3. The smallest absolute Gasteiger partial charge is 0.237 e. The molecule has 4 nitrogen and oxygen atoms in total. The number of hydrogen-bond acceptors (Lipinski definition) is 4. The maximum absolute atomic E-state index is 11.3. The molecule has 0 saturated carbocycles. The molecule has 0 atom stereocenters. The molecule has 4 heteroatoms. The number of pyridine rings is 1. The third kappa shape index (κ3) is 2.22. The Morgan fingerprint density at radius 2 is 2.29 bits per heavy atom. The predicted molar refractivity (Wildman–Crippen MR) is 54.4 cm³/mol.